The Balaban J connectivity index is 2.76. The number of pyridine rings is 1. The molecule has 1 amide bonds. The van der Waals surface area contributed by atoms with Crippen LogP contribution < -0.4 is 5.32 Å². The summed E-state index contributed by atoms with van der Waals surface area (Å²) in [5.74, 6) is -0.302. The molecular weight excluding hydrogens is 261 g/mol. The fourth-order valence-corrected chi connectivity index (χ4v) is 1.35. The van der Waals surface area contributed by atoms with Crippen LogP contribution in [0, 0.1) is 5.41 Å². The van der Waals surface area contributed by atoms with E-state index in [1.165, 1.54) is 7.11 Å². The van der Waals surface area contributed by atoms with Gasteiger partial charge in [-0.1, -0.05) is 0 Å². The van der Waals surface area contributed by atoms with E-state index in [4.69, 9.17) is 4.74 Å². The van der Waals surface area contributed by atoms with E-state index in [2.05, 4.69) is 10.3 Å². The molecule has 0 saturated heterocycles. The number of rotatable bonds is 4. The van der Waals surface area contributed by atoms with Crippen molar-refractivity contribution in [3.63, 3.8) is 0 Å². The maximum Gasteiger partial charge on any atom is 0.417 e. The number of hydrogen-bond acceptors (Lipinski definition) is 3. The maximum atomic E-state index is 12.3. The molecular formula is C12H15F3N2O2. The normalized spacial score (nSPS) is 12.3. The Morgan fingerprint density at radius 2 is 2.00 bits per heavy atom. The molecule has 1 aromatic rings. The second kappa shape index (κ2) is 5.56. The lowest BCUT2D eigenvalue weighted by Gasteiger charge is -2.22. The molecule has 0 radical (unpaired) electrons. The van der Waals surface area contributed by atoms with E-state index in [1.807, 2.05) is 0 Å². The molecule has 106 valence electrons. The first-order valence-corrected chi connectivity index (χ1v) is 5.50. The predicted octanol–water partition coefficient (Wildman–Crippen LogP) is 2.71. The summed E-state index contributed by atoms with van der Waals surface area (Å²) in [5.41, 5.74) is -1.65. The van der Waals surface area contributed by atoms with Gasteiger partial charge in [0.2, 0.25) is 5.91 Å². The van der Waals surface area contributed by atoms with Crippen molar-refractivity contribution in [1.82, 2.24) is 4.98 Å². The first-order chi connectivity index (χ1) is 8.66. The fraction of sp³-hybridized carbons (Fsp3) is 0.500. The van der Waals surface area contributed by atoms with Crippen molar-refractivity contribution in [2.24, 2.45) is 5.41 Å². The van der Waals surface area contributed by atoms with Crippen LogP contribution in [0.2, 0.25) is 0 Å². The van der Waals surface area contributed by atoms with Crippen molar-refractivity contribution >= 4 is 11.7 Å². The highest BCUT2D eigenvalue weighted by molar-refractivity contribution is 5.94. The average Bonchev–Trinajstić information content (AvgIpc) is 2.28. The summed E-state index contributed by atoms with van der Waals surface area (Å²) in [6.07, 6.45) is -3.76. The van der Waals surface area contributed by atoms with E-state index in [1.54, 1.807) is 13.8 Å². The highest BCUT2D eigenvalue weighted by Gasteiger charge is 2.31. The zero-order valence-corrected chi connectivity index (χ0v) is 10.8. The zero-order valence-electron chi connectivity index (χ0n) is 10.8. The number of alkyl halides is 3. The number of nitrogens with one attached hydrogen (secondary N) is 1. The summed E-state index contributed by atoms with van der Waals surface area (Å²) in [7, 11) is 1.46. The first kappa shape index (κ1) is 15.4. The molecule has 1 N–H and O–H groups in total. The number of amides is 1. The predicted molar refractivity (Wildman–Crippen MR) is 63.5 cm³/mol. The van der Waals surface area contributed by atoms with Gasteiger partial charge in [0, 0.05) is 13.3 Å². The Labute approximate surface area is 109 Å². The molecule has 0 fully saturated rings. The number of hydrogen-bond donors (Lipinski definition) is 1. The number of methoxy groups -OCH3 is 1. The topological polar surface area (TPSA) is 51.2 Å². The average molecular weight is 276 g/mol. The lowest BCUT2D eigenvalue weighted by atomic mass is 9.93. The quantitative estimate of drug-likeness (QED) is 0.920. The molecule has 0 aliphatic rings. The van der Waals surface area contributed by atoms with Crippen LogP contribution in [0.3, 0.4) is 0 Å². The monoisotopic (exact) mass is 276 g/mol. The third-order valence-electron chi connectivity index (χ3n) is 2.45. The lowest BCUT2D eigenvalue weighted by molar-refractivity contribution is -0.137. The summed E-state index contributed by atoms with van der Waals surface area (Å²) in [6.45, 7) is 3.52. The number of aromatic nitrogens is 1. The van der Waals surface area contributed by atoms with Crippen molar-refractivity contribution in [2.75, 3.05) is 19.0 Å². The maximum absolute atomic E-state index is 12.3. The number of nitrogens with zero attached hydrogens (tertiary/aromatic N) is 1. The molecule has 7 heteroatoms. The number of ether oxygens (including phenoxy) is 1. The minimum atomic E-state index is -4.44. The molecule has 0 aliphatic heterocycles. The highest BCUT2D eigenvalue weighted by Crippen LogP contribution is 2.29. The number of anilines is 1. The summed E-state index contributed by atoms with van der Waals surface area (Å²) < 4.78 is 41.9. The molecule has 0 aromatic carbocycles. The van der Waals surface area contributed by atoms with Gasteiger partial charge in [-0.25, -0.2) is 4.98 Å². The van der Waals surface area contributed by atoms with Crippen LogP contribution in [0.1, 0.15) is 19.4 Å². The van der Waals surface area contributed by atoms with Crippen LogP contribution in [-0.2, 0) is 15.7 Å². The molecule has 0 saturated carbocycles. The van der Waals surface area contributed by atoms with Crippen LogP contribution in [0.15, 0.2) is 18.3 Å². The van der Waals surface area contributed by atoms with E-state index in [0.717, 1.165) is 12.1 Å². The largest absolute Gasteiger partial charge is 0.417 e. The highest BCUT2D eigenvalue weighted by atomic mass is 19.4. The van der Waals surface area contributed by atoms with Gasteiger partial charge < -0.3 is 10.1 Å². The van der Waals surface area contributed by atoms with Crippen molar-refractivity contribution in [3.8, 4) is 0 Å². The molecule has 0 atom stereocenters. The van der Waals surface area contributed by atoms with Crippen molar-refractivity contribution < 1.29 is 22.7 Å². The van der Waals surface area contributed by atoms with Crippen molar-refractivity contribution in [2.45, 2.75) is 20.0 Å². The lowest BCUT2D eigenvalue weighted by Crippen LogP contribution is -2.34. The van der Waals surface area contributed by atoms with Gasteiger partial charge in [-0.2, -0.15) is 13.2 Å². The van der Waals surface area contributed by atoms with Crippen molar-refractivity contribution in [1.29, 1.82) is 0 Å². The second-order valence-electron chi connectivity index (χ2n) is 4.70. The Bertz CT molecular complexity index is 441. The van der Waals surface area contributed by atoms with Crippen LogP contribution in [0.5, 0.6) is 0 Å². The SMILES string of the molecule is COCC(C)(C)C(=O)Nc1ccc(C(F)(F)F)cn1. The smallest absolute Gasteiger partial charge is 0.384 e. The molecule has 19 heavy (non-hydrogen) atoms. The van der Waals surface area contributed by atoms with Gasteiger partial charge in [0.15, 0.2) is 0 Å². The first-order valence-electron chi connectivity index (χ1n) is 5.50. The molecule has 1 heterocycles. The van der Waals surface area contributed by atoms with E-state index < -0.39 is 17.2 Å². The van der Waals surface area contributed by atoms with Crippen LogP contribution in [0.4, 0.5) is 19.0 Å². The summed E-state index contributed by atoms with van der Waals surface area (Å²) in [4.78, 5) is 15.4. The van der Waals surface area contributed by atoms with Gasteiger partial charge in [0.25, 0.3) is 0 Å². The number of halogens is 3. The minimum Gasteiger partial charge on any atom is -0.384 e. The van der Waals surface area contributed by atoms with Gasteiger partial charge in [-0.05, 0) is 26.0 Å². The third kappa shape index (κ3) is 4.20. The van der Waals surface area contributed by atoms with E-state index in [9.17, 15) is 18.0 Å². The molecule has 1 aromatic heterocycles. The summed E-state index contributed by atoms with van der Waals surface area (Å²) in [5, 5.41) is 2.45. The van der Waals surface area contributed by atoms with Crippen molar-refractivity contribution in [3.05, 3.63) is 23.9 Å². The van der Waals surface area contributed by atoms with E-state index in [0.29, 0.717) is 6.20 Å². The third-order valence-corrected chi connectivity index (χ3v) is 2.45. The van der Waals surface area contributed by atoms with Gasteiger partial charge in [0.1, 0.15) is 5.82 Å². The van der Waals surface area contributed by atoms with Gasteiger partial charge >= 0.3 is 6.18 Å². The molecule has 1 rings (SSSR count). The second-order valence-corrected chi connectivity index (χ2v) is 4.70. The standard InChI is InChI=1S/C12H15F3N2O2/c1-11(2,7-19-3)10(18)17-9-5-4-8(6-16-9)12(13,14)15/h4-6H,7H2,1-3H3,(H,16,17,18). The van der Waals surface area contributed by atoms with Gasteiger partial charge in [-0.3, -0.25) is 4.79 Å². The van der Waals surface area contributed by atoms with Gasteiger partial charge in [0.05, 0.1) is 17.6 Å². The van der Waals surface area contributed by atoms with Crippen LogP contribution in [0.25, 0.3) is 0 Å². The Hall–Kier alpha value is -1.63. The Morgan fingerprint density at radius 3 is 2.42 bits per heavy atom. The fourth-order valence-electron chi connectivity index (χ4n) is 1.35. The van der Waals surface area contributed by atoms with Gasteiger partial charge in [-0.15, -0.1) is 0 Å². The zero-order chi connectivity index (χ0) is 14.7. The number of carbonyl (C=O) groups is 1. The van der Waals surface area contributed by atoms with Crippen LogP contribution >= 0.6 is 0 Å². The molecule has 0 spiro atoms. The minimum absolute atomic E-state index is 0.0715. The number of carbonyl (C=O) groups excluding carboxylic acids is 1. The Morgan fingerprint density at radius 1 is 1.37 bits per heavy atom. The Kier molecular flexibility index (Phi) is 4.52. The molecule has 4 nitrogen and oxygen atoms in total. The van der Waals surface area contributed by atoms with E-state index >= 15 is 0 Å². The molecule has 0 aliphatic carbocycles. The summed E-state index contributed by atoms with van der Waals surface area (Å²) >= 11 is 0. The molecule has 0 bridgehead atoms. The van der Waals surface area contributed by atoms with Crippen LogP contribution in [-0.4, -0.2) is 24.6 Å². The van der Waals surface area contributed by atoms with E-state index in [-0.39, 0.29) is 18.3 Å². The molecule has 0 unspecified atom stereocenters. The summed E-state index contributed by atoms with van der Waals surface area (Å²) in [6, 6.07) is 1.98.